The van der Waals surface area contributed by atoms with Gasteiger partial charge >= 0.3 is 0 Å². The molecule has 1 aromatic carbocycles. The second kappa shape index (κ2) is 7.46. The maximum atomic E-state index is 7.36. The number of hydrogen-bond acceptors (Lipinski definition) is 3. The molecule has 0 radical (unpaired) electrons. The largest absolute Gasteiger partial charge is 0.492 e. The van der Waals surface area contributed by atoms with Crippen molar-refractivity contribution in [2.45, 2.75) is 38.6 Å². The van der Waals surface area contributed by atoms with Crippen LogP contribution in [0.15, 0.2) is 24.3 Å². The van der Waals surface area contributed by atoms with Crippen LogP contribution in [0.4, 0.5) is 0 Å². The van der Waals surface area contributed by atoms with Crippen molar-refractivity contribution < 1.29 is 4.74 Å². The predicted octanol–water partition coefficient (Wildman–Crippen LogP) is 2.86. The van der Waals surface area contributed by atoms with Crippen LogP contribution in [0.25, 0.3) is 0 Å². The number of nitrogens with two attached hydrogens (primary N) is 1. The minimum Gasteiger partial charge on any atom is -0.492 e. The Labute approximate surface area is 127 Å². The number of likely N-dealkylation sites (N-methyl/N-ethyl adjacent to an activating group) is 1. The third kappa shape index (κ3) is 4.74. The van der Waals surface area contributed by atoms with E-state index in [1.54, 1.807) is 0 Å². The van der Waals surface area contributed by atoms with Crippen LogP contribution in [0.5, 0.6) is 5.75 Å². The third-order valence-corrected chi connectivity index (χ3v) is 4.41. The molecule has 0 saturated heterocycles. The molecular weight excluding hydrogens is 262 g/mol. The normalized spacial score (nSPS) is 22.2. The van der Waals surface area contributed by atoms with Gasteiger partial charge in [-0.25, -0.2) is 0 Å². The molecule has 21 heavy (non-hydrogen) atoms. The summed E-state index contributed by atoms with van der Waals surface area (Å²) in [7, 11) is 2.20. The number of nitrogens with one attached hydrogen (secondary N) is 1. The quantitative estimate of drug-likeness (QED) is 0.625. The van der Waals surface area contributed by atoms with Crippen LogP contribution in [0.3, 0.4) is 0 Å². The number of nitrogen functional groups attached to an aromatic ring is 1. The highest BCUT2D eigenvalue weighted by Crippen LogP contribution is 2.26. The highest BCUT2D eigenvalue weighted by Gasteiger charge is 2.21. The number of hydrogen-bond donors (Lipinski definition) is 2. The molecule has 1 aliphatic rings. The fourth-order valence-corrected chi connectivity index (χ4v) is 3.02. The Morgan fingerprint density at radius 3 is 2.67 bits per heavy atom. The molecule has 4 heteroatoms. The molecule has 0 aliphatic heterocycles. The fourth-order valence-electron chi connectivity index (χ4n) is 3.02. The molecule has 0 heterocycles. The number of ether oxygens (including phenoxy) is 1. The van der Waals surface area contributed by atoms with E-state index in [4.69, 9.17) is 15.9 Å². The van der Waals surface area contributed by atoms with Gasteiger partial charge in [0.15, 0.2) is 0 Å². The summed E-state index contributed by atoms with van der Waals surface area (Å²) >= 11 is 0. The maximum Gasteiger partial charge on any atom is 0.122 e. The van der Waals surface area contributed by atoms with Crippen LogP contribution >= 0.6 is 0 Å². The lowest BCUT2D eigenvalue weighted by molar-refractivity contribution is 0.141. The lowest BCUT2D eigenvalue weighted by Crippen LogP contribution is -2.37. The predicted molar refractivity (Wildman–Crippen MR) is 87.0 cm³/mol. The topological polar surface area (TPSA) is 62.3 Å². The lowest BCUT2D eigenvalue weighted by Gasteiger charge is -2.34. The standard InChI is InChI=1S/C17H27N3O/c1-13-4-3-5-15(12-13)20(2)10-11-21-16-8-6-14(7-9-16)17(18)19/h6-9,13,15H,3-5,10-12H2,1-2H3,(H3,18,19). The molecule has 0 bridgehead atoms. The second-order valence-corrected chi connectivity index (χ2v) is 6.19. The Balaban J connectivity index is 1.74. The van der Waals surface area contributed by atoms with Crippen LogP contribution in [0.2, 0.25) is 0 Å². The average molecular weight is 289 g/mol. The molecule has 0 amide bonds. The zero-order valence-electron chi connectivity index (χ0n) is 13.1. The van der Waals surface area contributed by atoms with Crippen molar-refractivity contribution in [1.82, 2.24) is 4.90 Å². The first-order chi connectivity index (χ1) is 10.1. The third-order valence-electron chi connectivity index (χ3n) is 4.41. The van der Waals surface area contributed by atoms with E-state index in [9.17, 15) is 0 Å². The Morgan fingerprint density at radius 2 is 2.05 bits per heavy atom. The van der Waals surface area contributed by atoms with E-state index < -0.39 is 0 Å². The Morgan fingerprint density at radius 1 is 1.33 bits per heavy atom. The first-order valence-corrected chi connectivity index (χ1v) is 7.83. The van der Waals surface area contributed by atoms with Crippen molar-refractivity contribution in [3.05, 3.63) is 29.8 Å². The van der Waals surface area contributed by atoms with Crippen molar-refractivity contribution in [2.75, 3.05) is 20.2 Å². The van der Waals surface area contributed by atoms with E-state index in [0.29, 0.717) is 12.6 Å². The van der Waals surface area contributed by atoms with Gasteiger partial charge in [0.25, 0.3) is 0 Å². The SMILES string of the molecule is CC1CCCC(N(C)CCOc2ccc(C(=N)N)cc2)C1. The highest BCUT2D eigenvalue weighted by molar-refractivity contribution is 5.94. The molecule has 3 N–H and O–H groups in total. The second-order valence-electron chi connectivity index (χ2n) is 6.19. The van der Waals surface area contributed by atoms with E-state index in [-0.39, 0.29) is 5.84 Å². The summed E-state index contributed by atoms with van der Waals surface area (Å²) in [6.07, 6.45) is 5.35. The summed E-state index contributed by atoms with van der Waals surface area (Å²) in [5.41, 5.74) is 6.17. The highest BCUT2D eigenvalue weighted by atomic mass is 16.5. The minimum absolute atomic E-state index is 0.0905. The van der Waals surface area contributed by atoms with Crippen molar-refractivity contribution in [2.24, 2.45) is 11.7 Å². The first kappa shape index (κ1) is 15.8. The molecule has 4 nitrogen and oxygen atoms in total. The molecular formula is C17H27N3O. The van der Waals surface area contributed by atoms with Gasteiger partial charge < -0.3 is 15.4 Å². The van der Waals surface area contributed by atoms with Crippen LogP contribution in [0, 0.1) is 11.3 Å². The summed E-state index contributed by atoms with van der Waals surface area (Å²) in [5.74, 6) is 1.78. The summed E-state index contributed by atoms with van der Waals surface area (Å²) in [5, 5.41) is 7.36. The molecule has 1 fully saturated rings. The van der Waals surface area contributed by atoms with Crippen LogP contribution in [-0.4, -0.2) is 37.0 Å². The van der Waals surface area contributed by atoms with E-state index in [1.165, 1.54) is 25.7 Å². The van der Waals surface area contributed by atoms with Crippen molar-refractivity contribution in [3.8, 4) is 5.75 Å². The van der Waals surface area contributed by atoms with E-state index in [1.807, 2.05) is 24.3 Å². The summed E-state index contributed by atoms with van der Waals surface area (Å²) in [6.45, 7) is 4.00. The van der Waals surface area contributed by atoms with Gasteiger partial charge in [-0.2, -0.15) is 0 Å². The molecule has 116 valence electrons. The molecule has 2 rings (SSSR count). The van der Waals surface area contributed by atoms with Crippen molar-refractivity contribution in [3.63, 3.8) is 0 Å². The van der Waals surface area contributed by atoms with Crippen molar-refractivity contribution in [1.29, 1.82) is 5.41 Å². The zero-order chi connectivity index (χ0) is 15.2. The number of rotatable bonds is 6. The maximum absolute atomic E-state index is 7.36. The molecule has 1 aliphatic carbocycles. The Kier molecular flexibility index (Phi) is 5.62. The van der Waals surface area contributed by atoms with Gasteiger partial charge in [0.05, 0.1) is 0 Å². The molecule has 2 unspecified atom stereocenters. The van der Waals surface area contributed by atoms with Crippen LogP contribution < -0.4 is 10.5 Å². The van der Waals surface area contributed by atoms with Gasteiger partial charge in [-0.15, -0.1) is 0 Å². The van der Waals surface area contributed by atoms with Gasteiger partial charge in [0.2, 0.25) is 0 Å². The van der Waals surface area contributed by atoms with Crippen LogP contribution in [-0.2, 0) is 0 Å². The number of nitrogens with zero attached hydrogens (tertiary/aromatic N) is 1. The van der Waals surface area contributed by atoms with Gasteiger partial charge in [0.1, 0.15) is 18.2 Å². The molecule has 1 aromatic rings. The Bertz CT molecular complexity index is 458. The van der Waals surface area contributed by atoms with E-state index in [2.05, 4.69) is 18.9 Å². The fraction of sp³-hybridized carbons (Fsp3) is 0.588. The average Bonchev–Trinajstić information content (AvgIpc) is 2.47. The molecule has 0 spiro atoms. The van der Waals surface area contributed by atoms with Gasteiger partial charge in [-0.1, -0.05) is 19.8 Å². The number of benzene rings is 1. The molecule has 1 saturated carbocycles. The molecule has 0 aromatic heterocycles. The minimum atomic E-state index is 0.0905. The summed E-state index contributed by atoms with van der Waals surface area (Å²) in [4.78, 5) is 2.43. The van der Waals surface area contributed by atoms with Crippen LogP contribution in [0.1, 0.15) is 38.2 Å². The number of amidine groups is 1. The zero-order valence-corrected chi connectivity index (χ0v) is 13.1. The van der Waals surface area contributed by atoms with Crippen molar-refractivity contribution >= 4 is 5.84 Å². The molecule has 2 atom stereocenters. The van der Waals surface area contributed by atoms with Gasteiger partial charge in [-0.05, 0) is 50.1 Å². The summed E-state index contributed by atoms with van der Waals surface area (Å²) in [6, 6.07) is 8.10. The monoisotopic (exact) mass is 289 g/mol. The van der Waals surface area contributed by atoms with Gasteiger partial charge in [-0.3, -0.25) is 5.41 Å². The van der Waals surface area contributed by atoms with E-state index >= 15 is 0 Å². The Hall–Kier alpha value is -1.55. The lowest BCUT2D eigenvalue weighted by atomic mass is 9.86. The summed E-state index contributed by atoms with van der Waals surface area (Å²) < 4.78 is 5.78. The van der Waals surface area contributed by atoms with Gasteiger partial charge in [0, 0.05) is 18.2 Å². The first-order valence-electron chi connectivity index (χ1n) is 7.83. The van der Waals surface area contributed by atoms with E-state index in [0.717, 1.165) is 23.8 Å². The smallest absolute Gasteiger partial charge is 0.122 e.